The molecule has 4 nitrogen and oxygen atoms in total. The lowest BCUT2D eigenvalue weighted by Gasteiger charge is -2.21. The van der Waals surface area contributed by atoms with Gasteiger partial charge in [-0.25, -0.2) is 0 Å². The summed E-state index contributed by atoms with van der Waals surface area (Å²) in [4.78, 5) is 11.6. The molecule has 0 bridgehead atoms. The van der Waals surface area contributed by atoms with Gasteiger partial charge in [0, 0.05) is 6.54 Å². The first-order valence-corrected chi connectivity index (χ1v) is 7.03. The molecule has 4 heteroatoms. The Hall–Kier alpha value is -1.55. The van der Waals surface area contributed by atoms with Gasteiger partial charge in [0.2, 0.25) is 5.91 Å². The lowest BCUT2D eigenvalue weighted by molar-refractivity contribution is -0.122. The summed E-state index contributed by atoms with van der Waals surface area (Å²) in [6.07, 6.45) is 0.888. The number of hydrogen-bond donors (Lipinski definition) is 2. The maximum Gasteiger partial charge on any atom is 0.223 e. The molecule has 1 unspecified atom stereocenters. The van der Waals surface area contributed by atoms with Crippen molar-refractivity contribution in [3.05, 3.63) is 29.3 Å². The van der Waals surface area contributed by atoms with E-state index in [2.05, 4.69) is 5.32 Å². The molecule has 1 atom stereocenters. The van der Waals surface area contributed by atoms with Crippen LogP contribution in [-0.2, 0) is 4.79 Å². The number of nitrogens with one attached hydrogen (secondary N) is 1. The number of amides is 1. The van der Waals surface area contributed by atoms with Gasteiger partial charge in [-0.3, -0.25) is 4.79 Å². The Morgan fingerprint density at radius 2 is 2.10 bits per heavy atom. The van der Waals surface area contributed by atoms with Crippen LogP contribution in [0.4, 0.5) is 0 Å². The van der Waals surface area contributed by atoms with Crippen LogP contribution in [0, 0.1) is 13.8 Å². The predicted octanol–water partition coefficient (Wildman–Crippen LogP) is 2.35. The zero-order valence-electron chi connectivity index (χ0n) is 12.8. The minimum Gasteiger partial charge on any atom is -0.493 e. The zero-order valence-corrected chi connectivity index (χ0v) is 12.8. The van der Waals surface area contributed by atoms with Gasteiger partial charge in [0.25, 0.3) is 0 Å². The third kappa shape index (κ3) is 5.61. The summed E-state index contributed by atoms with van der Waals surface area (Å²) in [5, 5.41) is 12.5. The van der Waals surface area contributed by atoms with Crippen molar-refractivity contribution in [1.29, 1.82) is 0 Å². The molecular weight excluding hydrogens is 254 g/mol. The Morgan fingerprint density at radius 1 is 1.40 bits per heavy atom. The summed E-state index contributed by atoms with van der Waals surface area (Å²) in [5.41, 5.74) is 1.41. The van der Waals surface area contributed by atoms with E-state index in [1.165, 1.54) is 5.56 Å². The summed E-state index contributed by atoms with van der Waals surface area (Å²) >= 11 is 0. The van der Waals surface area contributed by atoms with Crippen molar-refractivity contribution in [3.63, 3.8) is 0 Å². The van der Waals surface area contributed by atoms with Gasteiger partial charge in [-0.2, -0.15) is 0 Å². The fourth-order valence-corrected chi connectivity index (χ4v) is 1.72. The third-order valence-electron chi connectivity index (χ3n) is 3.35. The second-order valence-corrected chi connectivity index (χ2v) is 5.49. The molecule has 2 N–H and O–H groups in total. The summed E-state index contributed by atoms with van der Waals surface area (Å²) < 4.78 is 5.60. The highest BCUT2D eigenvalue weighted by atomic mass is 16.5. The average Bonchev–Trinajstić information content (AvgIpc) is 2.39. The van der Waals surface area contributed by atoms with E-state index in [1.54, 1.807) is 6.92 Å². The molecule has 0 radical (unpaired) electrons. The fraction of sp³-hybridized carbons (Fsp3) is 0.562. The van der Waals surface area contributed by atoms with Gasteiger partial charge in [0.1, 0.15) is 5.75 Å². The van der Waals surface area contributed by atoms with Gasteiger partial charge in [-0.15, -0.1) is 0 Å². The topological polar surface area (TPSA) is 58.6 Å². The first kappa shape index (κ1) is 16.5. The molecule has 0 aliphatic carbocycles. The fourth-order valence-electron chi connectivity index (χ4n) is 1.72. The number of aryl methyl sites for hydroxylation is 2. The molecule has 1 aromatic rings. The molecule has 0 spiro atoms. The number of ether oxygens (including phenoxy) is 1. The van der Waals surface area contributed by atoms with Gasteiger partial charge in [0.15, 0.2) is 0 Å². The van der Waals surface area contributed by atoms with Crippen molar-refractivity contribution in [2.75, 3.05) is 13.2 Å². The Labute approximate surface area is 121 Å². The molecule has 0 heterocycles. The van der Waals surface area contributed by atoms with E-state index in [1.807, 2.05) is 39.0 Å². The molecule has 0 aromatic heterocycles. The summed E-state index contributed by atoms with van der Waals surface area (Å²) in [6.45, 7) is 8.22. The van der Waals surface area contributed by atoms with E-state index in [-0.39, 0.29) is 18.9 Å². The summed E-state index contributed by atoms with van der Waals surface area (Å²) in [7, 11) is 0. The van der Waals surface area contributed by atoms with E-state index < -0.39 is 5.60 Å². The van der Waals surface area contributed by atoms with Crippen LogP contribution in [0.2, 0.25) is 0 Å². The Balaban J connectivity index is 2.32. The van der Waals surface area contributed by atoms with Gasteiger partial charge < -0.3 is 15.2 Å². The third-order valence-corrected chi connectivity index (χ3v) is 3.35. The van der Waals surface area contributed by atoms with E-state index in [9.17, 15) is 9.90 Å². The normalized spacial score (nSPS) is 13.7. The number of hydrogen-bond acceptors (Lipinski definition) is 3. The Morgan fingerprint density at radius 3 is 2.70 bits per heavy atom. The monoisotopic (exact) mass is 279 g/mol. The highest BCUT2D eigenvalue weighted by molar-refractivity contribution is 5.76. The van der Waals surface area contributed by atoms with Gasteiger partial charge in [-0.05, 0) is 38.8 Å². The standard InChI is InChI=1S/C16H25NO3/c1-5-16(4,19)11-17-15(18)8-9-20-14-7-6-12(2)10-13(14)3/h6-7,10,19H,5,8-9,11H2,1-4H3,(H,17,18). The summed E-state index contributed by atoms with van der Waals surface area (Å²) in [5.74, 6) is 0.701. The van der Waals surface area contributed by atoms with E-state index in [4.69, 9.17) is 4.74 Å². The van der Waals surface area contributed by atoms with E-state index in [0.29, 0.717) is 13.0 Å². The molecule has 0 aliphatic heterocycles. The molecule has 0 saturated carbocycles. The van der Waals surface area contributed by atoms with E-state index >= 15 is 0 Å². The average molecular weight is 279 g/mol. The number of aliphatic hydroxyl groups is 1. The first-order valence-electron chi connectivity index (χ1n) is 7.03. The van der Waals surface area contributed by atoms with Crippen LogP contribution in [0.3, 0.4) is 0 Å². The maximum atomic E-state index is 11.6. The number of carbonyl (C=O) groups excluding carboxylic acids is 1. The van der Waals surface area contributed by atoms with Crippen molar-refractivity contribution in [1.82, 2.24) is 5.32 Å². The van der Waals surface area contributed by atoms with Gasteiger partial charge >= 0.3 is 0 Å². The van der Waals surface area contributed by atoms with Crippen molar-refractivity contribution in [3.8, 4) is 5.75 Å². The molecule has 0 saturated heterocycles. The molecule has 0 fully saturated rings. The molecule has 20 heavy (non-hydrogen) atoms. The van der Waals surface area contributed by atoms with Crippen LogP contribution in [-0.4, -0.2) is 29.8 Å². The second kappa shape index (κ2) is 7.29. The minimum absolute atomic E-state index is 0.108. The smallest absolute Gasteiger partial charge is 0.223 e. The van der Waals surface area contributed by atoms with Crippen molar-refractivity contribution in [2.45, 2.75) is 46.1 Å². The molecule has 0 aliphatic rings. The van der Waals surface area contributed by atoms with Crippen LogP contribution < -0.4 is 10.1 Å². The maximum absolute atomic E-state index is 11.6. The predicted molar refractivity (Wildman–Crippen MR) is 80.0 cm³/mol. The number of rotatable bonds is 7. The van der Waals surface area contributed by atoms with Gasteiger partial charge in [-0.1, -0.05) is 24.6 Å². The van der Waals surface area contributed by atoms with Crippen molar-refractivity contribution in [2.24, 2.45) is 0 Å². The lowest BCUT2D eigenvalue weighted by Crippen LogP contribution is -2.40. The van der Waals surface area contributed by atoms with Crippen LogP contribution in [0.15, 0.2) is 18.2 Å². The van der Waals surface area contributed by atoms with Crippen LogP contribution >= 0.6 is 0 Å². The van der Waals surface area contributed by atoms with Crippen molar-refractivity contribution >= 4 is 5.91 Å². The second-order valence-electron chi connectivity index (χ2n) is 5.49. The zero-order chi connectivity index (χ0) is 15.2. The molecular formula is C16H25NO3. The highest BCUT2D eigenvalue weighted by Gasteiger charge is 2.18. The SMILES string of the molecule is CCC(C)(O)CNC(=O)CCOc1ccc(C)cc1C. The van der Waals surface area contributed by atoms with Gasteiger partial charge in [0.05, 0.1) is 18.6 Å². The molecule has 1 aromatic carbocycles. The quantitative estimate of drug-likeness (QED) is 0.805. The van der Waals surface area contributed by atoms with Crippen LogP contribution in [0.25, 0.3) is 0 Å². The molecule has 1 rings (SSSR count). The lowest BCUT2D eigenvalue weighted by atomic mass is 10.0. The number of carbonyl (C=O) groups is 1. The van der Waals surface area contributed by atoms with Crippen molar-refractivity contribution < 1.29 is 14.6 Å². The minimum atomic E-state index is -0.843. The Bertz CT molecular complexity index is 455. The van der Waals surface area contributed by atoms with Crippen LogP contribution in [0.5, 0.6) is 5.75 Å². The molecule has 112 valence electrons. The van der Waals surface area contributed by atoms with Crippen LogP contribution in [0.1, 0.15) is 37.8 Å². The Kier molecular flexibility index (Phi) is 6.02. The van der Waals surface area contributed by atoms with E-state index in [0.717, 1.165) is 11.3 Å². The highest BCUT2D eigenvalue weighted by Crippen LogP contribution is 2.18. The summed E-state index contributed by atoms with van der Waals surface area (Å²) in [6, 6.07) is 5.96. The number of benzene rings is 1. The first-order chi connectivity index (χ1) is 9.34. The largest absolute Gasteiger partial charge is 0.493 e. The molecule has 1 amide bonds.